The molecule has 0 saturated heterocycles. The van der Waals surface area contributed by atoms with E-state index in [4.69, 9.17) is 0 Å². The summed E-state index contributed by atoms with van der Waals surface area (Å²) in [5.74, 6) is 0.825. The van der Waals surface area contributed by atoms with E-state index in [0.29, 0.717) is 12.3 Å². The summed E-state index contributed by atoms with van der Waals surface area (Å²) in [6, 6.07) is 0. The minimum atomic E-state index is 0.0527. The van der Waals surface area contributed by atoms with Gasteiger partial charge in [0, 0.05) is 24.7 Å². The number of carbonyl (C=O) groups excluding carboxylic acids is 1. The molecule has 0 heterocycles. The fourth-order valence-corrected chi connectivity index (χ4v) is 3.35. The van der Waals surface area contributed by atoms with Crippen molar-refractivity contribution in [2.24, 2.45) is 11.3 Å². The predicted octanol–water partition coefficient (Wildman–Crippen LogP) is 4.15. The van der Waals surface area contributed by atoms with Crippen LogP contribution in [0.25, 0.3) is 0 Å². The molecule has 0 aromatic rings. The van der Waals surface area contributed by atoms with Gasteiger partial charge in [-0.15, -0.1) is 0 Å². The second-order valence-corrected chi connectivity index (χ2v) is 7.23. The van der Waals surface area contributed by atoms with Gasteiger partial charge in [0.25, 0.3) is 0 Å². The molecule has 2 fully saturated rings. The first-order valence-corrected chi connectivity index (χ1v) is 7.58. The normalized spacial score (nSPS) is 24.4. The number of nitrogens with one attached hydrogen (secondary N) is 1. The number of hydrogen-bond donors (Lipinski definition) is 1. The van der Waals surface area contributed by atoms with E-state index in [2.05, 4.69) is 39.6 Å². The lowest BCUT2D eigenvalue weighted by molar-refractivity contribution is -0.118. The van der Waals surface area contributed by atoms with Gasteiger partial charge in [0.2, 0.25) is 0 Å². The predicted molar refractivity (Wildman–Crippen MR) is 84.3 cm³/mol. The monoisotopic (exact) mass is 273 g/mol. The minimum Gasteiger partial charge on any atom is -0.388 e. The van der Waals surface area contributed by atoms with Gasteiger partial charge in [-0.3, -0.25) is 4.79 Å². The van der Waals surface area contributed by atoms with Crippen LogP contribution in [0.5, 0.6) is 0 Å². The highest BCUT2D eigenvalue weighted by molar-refractivity contribution is 6.02. The molecule has 1 N–H and O–H groups in total. The molecule has 0 atom stereocenters. The molecule has 2 nitrogen and oxygen atoms in total. The van der Waals surface area contributed by atoms with Crippen molar-refractivity contribution in [3.63, 3.8) is 0 Å². The molecule has 110 valence electrons. The van der Waals surface area contributed by atoms with Crippen molar-refractivity contribution in [1.82, 2.24) is 5.32 Å². The SMILES string of the molecule is C=C1CC(C)(C)CC(=O)/C1=C(/C(NC)=C(C)C)C1CC1. The van der Waals surface area contributed by atoms with Gasteiger partial charge in [-0.25, -0.2) is 0 Å². The minimum absolute atomic E-state index is 0.0527. The zero-order chi connectivity index (χ0) is 15.1. The molecular weight excluding hydrogens is 246 g/mol. The first-order chi connectivity index (χ1) is 9.26. The highest BCUT2D eigenvalue weighted by atomic mass is 16.1. The molecule has 2 aliphatic rings. The quantitative estimate of drug-likeness (QED) is 0.783. The molecular formula is C18H27NO. The highest BCUT2D eigenvalue weighted by Gasteiger charge is 2.38. The molecule has 0 unspecified atom stereocenters. The smallest absolute Gasteiger partial charge is 0.164 e. The fourth-order valence-electron chi connectivity index (χ4n) is 3.35. The van der Waals surface area contributed by atoms with Crippen molar-refractivity contribution in [2.45, 2.75) is 53.4 Å². The van der Waals surface area contributed by atoms with Gasteiger partial charge >= 0.3 is 0 Å². The zero-order valence-corrected chi connectivity index (χ0v) is 13.5. The number of allylic oxidation sites excluding steroid dienone is 4. The molecule has 0 bridgehead atoms. The van der Waals surface area contributed by atoms with Crippen LogP contribution in [0.15, 0.2) is 34.6 Å². The van der Waals surface area contributed by atoms with Crippen LogP contribution in [0, 0.1) is 11.3 Å². The summed E-state index contributed by atoms with van der Waals surface area (Å²) in [7, 11) is 1.95. The van der Waals surface area contributed by atoms with Crippen molar-refractivity contribution < 1.29 is 4.79 Å². The van der Waals surface area contributed by atoms with E-state index in [9.17, 15) is 4.79 Å². The Hall–Kier alpha value is -1.31. The maximum Gasteiger partial charge on any atom is 0.164 e. The van der Waals surface area contributed by atoms with Crippen molar-refractivity contribution in [1.29, 1.82) is 0 Å². The van der Waals surface area contributed by atoms with Crippen LogP contribution in [-0.4, -0.2) is 12.8 Å². The number of hydrogen-bond acceptors (Lipinski definition) is 2. The van der Waals surface area contributed by atoms with E-state index in [-0.39, 0.29) is 11.2 Å². The number of likely N-dealkylation sites (N-methyl/N-ethyl adjacent to an activating group) is 1. The van der Waals surface area contributed by atoms with Crippen LogP contribution < -0.4 is 5.32 Å². The number of rotatable bonds is 3. The van der Waals surface area contributed by atoms with Gasteiger partial charge < -0.3 is 5.32 Å². The second-order valence-electron chi connectivity index (χ2n) is 7.23. The van der Waals surface area contributed by atoms with Gasteiger partial charge in [-0.2, -0.15) is 0 Å². The van der Waals surface area contributed by atoms with Crippen molar-refractivity contribution in [2.75, 3.05) is 7.05 Å². The van der Waals surface area contributed by atoms with Crippen LogP contribution in [-0.2, 0) is 4.79 Å². The van der Waals surface area contributed by atoms with E-state index in [1.54, 1.807) is 0 Å². The summed E-state index contributed by atoms with van der Waals surface area (Å²) in [6.45, 7) is 12.7. The molecule has 2 aliphatic carbocycles. The Morgan fingerprint density at radius 2 is 1.85 bits per heavy atom. The maximum absolute atomic E-state index is 12.7. The number of carbonyl (C=O) groups is 1. The summed E-state index contributed by atoms with van der Waals surface area (Å²) < 4.78 is 0. The van der Waals surface area contributed by atoms with Crippen LogP contribution in [0.4, 0.5) is 0 Å². The standard InChI is InChI=1S/C18H27NO/c1-11(2)17(19-6)16(13-7-8-13)15-12(3)9-18(4,5)10-14(15)20/h13,19H,3,7-10H2,1-2,4-6H3/b16-15+. The van der Waals surface area contributed by atoms with E-state index in [1.165, 1.54) is 24.0 Å². The zero-order valence-electron chi connectivity index (χ0n) is 13.5. The topological polar surface area (TPSA) is 29.1 Å². The van der Waals surface area contributed by atoms with Crippen LogP contribution >= 0.6 is 0 Å². The molecule has 2 rings (SSSR count). The first-order valence-electron chi connectivity index (χ1n) is 7.58. The Morgan fingerprint density at radius 3 is 2.25 bits per heavy atom. The van der Waals surface area contributed by atoms with E-state index >= 15 is 0 Å². The summed E-state index contributed by atoms with van der Waals surface area (Å²) in [6.07, 6.45) is 3.95. The maximum atomic E-state index is 12.7. The van der Waals surface area contributed by atoms with Gasteiger partial charge in [0.1, 0.15) is 0 Å². The van der Waals surface area contributed by atoms with Crippen LogP contribution in [0.2, 0.25) is 0 Å². The van der Waals surface area contributed by atoms with E-state index < -0.39 is 0 Å². The van der Waals surface area contributed by atoms with Crippen molar-refractivity contribution in [3.05, 3.63) is 34.6 Å². The molecule has 0 aromatic heterocycles. The Kier molecular flexibility index (Phi) is 3.95. The summed E-state index contributed by atoms with van der Waals surface area (Å²) in [4.78, 5) is 12.7. The van der Waals surface area contributed by atoms with Gasteiger partial charge in [-0.1, -0.05) is 26.0 Å². The largest absolute Gasteiger partial charge is 0.388 e. The average molecular weight is 273 g/mol. The number of Topliss-reactive ketones (excluding diaryl/α,β-unsaturated/α-hetero) is 1. The third-order valence-electron chi connectivity index (χ3n) is 4.24. The third kappa shape index (κ3) is 2.89. The Morgan fingerprint density at radius 1 is 1.25 bits per heavy atom. The molecule has 0 aromatic carbocycles. The molecule has 0 aliphatic heterocycles. The highest BCUT2D eigenvalue weighted by Crippen LogP contribution is 2.47. The summed E-state index contributed by atoms with van der Waals surface area (Å²) in [5.41, 5.74) is 5.64. The van der Waals surface area contributed by atoms with Crippen LogP contribution in [0.1, 0.15) is 53.4 Å². The lowest BCUT2D eigenvalue weighted by atomic mass is 9.70. The van der Waals surface area contributed by atoms with Gasteiger partial charge in [-0.05, 0) is 55.6 Å². The lowest BCUT2D eigenvalue weighted by Gasteiger charge is -2.33. The van der Waals surface area contributed by atoms with Crippen molar-refractivity contribution >= 4 is 5.78 Å². The fraction of sp³-hybridized carbons (Fsp3) is 0.611. The average Bonchev–Trinajstić information content (AvgIpc) is 3.08. The molecule has 20 heavy (non-hydrogen) atoms. The number of ketones is 1. The van der Waals surface area contributed by atoms with E-state index in [1.807, 2.05) is 7.05 Å². The lowest BCUT2D eigenvalue weighted by Crippen LogP contribution is -2.28. The van der Waals surface area contributed by atoms with Crippen molar-refractivity contribution in [3.8, 4) is 0 Å². The first kappa shape index (κ1) is 15.1. The van der Waals surface area contributed by atoms with Gasteiger partial charge in [0.15, 0.2) is 5.78 Å². The Balaban J connectivity index is 2.54. The summed E-state index contributed by atoms with van der Waals surface area (Å²) in [5, 5.41) is 3.31. The Labute approximate surface area is 123 Å². The molecule has 0 amide bonds. The van der Waals surface area contributed by atoms with Crippen LogP contribution in [0.3, 0.4) is 0 Å². The molecule has 2 heteroatoms. The van der Waals surface area contributed by atoms with Gasteiger partial charge in [0.05, 0.1) is 0 Å². The molecule has 0 spiro atoms. The Bertz CT molecular complexity index is 490. The molecule has 2 saturated carbocycles. The second kappa shape index (κ2) is 5.23. The third-order valence-corrected chi connectivity index (χ3v) is 4.24. The molecule has 0 radical (unpaired) electrons. The summed E-state index contributed by atoms with van der Waals surface area (Å²) >= 11 is 0. The van der Waals surface area contributed by atoms with E-state index in [0.717, 1.165) is 23.3 Å².